The molecule has 0 atom stereocenters. The predicted octanol–water partition coefficient (Wildman–Crippen LogP) is 0.948. The third kappa shape index (κ3) is 2.41. The van der Waals surface area contributed by atoms with E-state index in [9.17, 15) is 4.79 Å². The van der Waals surface area contributed by atoms with E-state index in [1.54, 1.807) is 12.4 Å². The van der Waals surface area contributed by atoms with E-state index in [2.05, 4.69) is 15.2 Å². The first-order valence-electron chi connectivity index (χ1n) is 4.70. The number of aromatic nitrogens is 3. The van der Waals surface area contributed by atoms with Crippen LogP contribution in [0.4, 0.5) is 0 Å². The van der Waals surface area contributed by atoms with E-state index >= 15 is 0 Å². The minimum absolute atomic E-state index is 0.328. The Kier molecular flexibility index (Phi) is 2.90. The summed E-state index contributed by atoms with van der Waals surface area (Å²) >= 11 is 0. The molecule has 0 amide bonds. The van der Waals surface area contributed by atoms with Crippen LogP contribution in [-0.4, -0.2) is 26.3 Å². The second-order valence-corrected chi connectivity index (χ2v) is 3.16. The zero-order valence-electron chi connectivity index (χ0n) is 8.33. The molecule has 0 aromatic carbocycles. The standard InChI is InChI=1S/C10H9N3O3/c14-10(15)9-13-12-8(16-9)2-1-7-3-5-11-6-4-7/h3-6H,1-2H2,(H,14,15). The highest BCUT2D eigenvalue weighted by molar-refractivity contribution is 5.81. The highest BCUT2D eigenvalue weighted by atomic mass is 16.4. The summed E-state index contributed by atoms with van der Waals surface area (Å²) in [5.41, 5.74) is 1.09. The SMILES string of the molecule is O=C(O)c1nnc(CCc2ccncc2)o1. The van der Waals surface area contributed by atoms with Crippen LogP contribution in [0.1, 0.15) is 22.1 Å². The smallest absolute Gasteiger partial charge is 0.393 e. The molecule has 2 aromatic rings. The third-order valence-electron chi connectivity index (χ3n) is 2.03. The molecule has 2 rings (SSSR count). The summed E-state index contributed by atoms with van der Waals surface area (Å²) in [5.74, 6) is -1.25. The molecule has 2 heterocycles. The van der Waals surface area contributed by atoms with Crippen molar-refractivity contribution in [1.29, 1.82) is 0 Å². The number of hydrogen-bond donors (Lipinski definition) is 1. The van der Waals surface area contributed by atoms with Gasteiger partial charge in [-0.05, 0) is 24.1 Å². The second kappa shape index (κ2) is 4.52. The first kappa shape index (κ1) is 10.3. The Morgan fingerprint density at radius 1 is 1.25 bits per heavy atom. The molecule has 16 heavy (non-hydrogen) atoms. The van der Waals surface area contributed by atoms with E-state index in [4.69, 9.17) is 9.52 Å². The highest BCUT2D eigenvalue weighted by Gasteiger charge is 2.12. The molecule has 0 aliphatic rings. The van der Waals surface area contributed by atoms with Gasteiger partial charge in [0.25, 0.3) is 0 Å². The Morgan fingerprint density at radius 3 is 2.62 bits per heavy atom. The van der Waals surface area contributed by atoms with Gasteiger partial charge in [0.05, 0.1) is 0 Å². The van der Waals surface area contributed by atoms with Crippen LogP contribution < -0.4 is 0 Å². The molecule has 0 saturated carbocycles. The first-order valence-corrected chi connectivity index (χ1v) is 4.70. The van der Waals surface area contributed by atoms with Gasteiger partial charge in [0.2, 0.25) is 5.89 Å². The lowest BCUT2D eigenvalue weighted by atomic mass is 10.1. The molecule has 2 aromatic heterocycles. The lowest BCUT2D eigenvalue weighted by molar-refractivity contribution is 0.0651. The number of carbonyl (C=O) groups is 1. The van der Waals surface area contributed by atoms with Crippen molar-refractivity contribution in [2.45, 2.75) is 12.8 Å². The van der Waals surface area contributed by atoms with Gasteiger partial charge in [-0.2, -0.15) is 0 Å². The number of pyridine rings is 1. The molecule has 0 bridgehead atoms. The van der Waals surface area contributed by atoms with E-state index < -0.39 is 5.97 Å². The summed E-state index contributed by atoms with van der Waals surface area (Å²) in [7, 11) is 0. The topological polar surface area (TPSA) is 89.1 Å². The number of carboxylic acids is 1. The van der Waals surface area contributed by atoms with Crippen LogP contribution in [-0.2, 0) is 12.8 Å². The normalized spacial score (nSPS) is 10.2. The van der Waals surface area contributed by atoms with Crippen molar-refractivity contribution in [3.63, 3.8) is 0 Å². The average Bonchev–Trinajstić information content (AvgIpc) is 2.76. The second-order valence-electron chi connectivity index (χ2n) is 3.16. The predicted molar refractivity (Wildman–Crippen MR) is 52.9 cm³/mol. The van der Waals surface area contributed by atoms with Gasteiger partial charge < -0.3 is 9.52 Å². The van der Waals surface area contributed by atoms with Crippen LogP contribution >= 0.6 is 0 Å². The van der Waals surface area contributed by atoms with Crippen molar-refractivity contribution in [1.82, 2.24) is 15.2 Å². The number of carboxylic acid groups (broad SMARTS) is 1. The summed E-state index contributed by atoms with van der Waals surface area (Å²) in [5, 5.41) is 15.6. The van der Waals surface area contributed by atoms with Gasteiger partial charge in [0.15, 0.2) is 0 Å². The average molecular weight is 219 g/mol. The van der Waals surface area contributed by atoms with Gasteiger partial charge >= 0.3 is 11.9 Å². The molecule has 0 saturated heterocycles. The van der Waals surface area contributed by atoms with E-state index in [0.717, 1.165) is 5.56 Å². The van der Waals surface area contributed by atoms with Crippen LogP contribution in [0.15, 0.2) is 28.9 Å². The zero-order valence-corrected chi connectivity index (χ0v) is 8.33. The van der Waals surface area contributed by atoms with Gasteiger partial charge in [-0.1, -0.05) is 0 Å². The molecule has 6 heteroatoms. The largest absolute Gasteiger partial charge is 0.474 e. The van der Waals surface area contributed by atoms with E-state index in [0.29, 0.717) is 18.7 Å². The van der Waals surface area contributed by atoms with Crippen LogP contribution in [0.3, 0.4) is 0 Å². The van der Waals surface area contributed by atoms with E-state index in [-0.39, 0.29) is 5.89 Å². The zero-order chi connectivity index (χ0) is 11.4. The van der Waals surface area contributed by atoms with E-state index in [1.165, 1.54) is 0 Å². The summed E-state index contributed by atoms with van der Waals surface area (Å²) in [6, 6.07) is 3.77. The fourth-order valence-corrected chi connectivity index (χ4v) is 1.24. The third-order valence-corrected chi connectivity index (χ3v) is 2.03. The molecule has 1 N–H and O–H groups in total. The van der Waals surface area contributed by atoms with Crippen molar-refractivity contribution in [2.75, 3.05) is 0 Å². The Labute approximate surface area is 91.0 Å². The highest BCUT2D eigenvalue weighted by Crippen LogP contribution is 2.05. The van der Waals surface area contributed by atoms with Crippen molar-refractivity contribution < 1.29 is 14.3 Å². The Morgan fingerprint density at radius 2 is 2.00 bits per heavy atom. The molecule has 6 nitrogen and oxygen atoms in total. The molecule has 0 aliphatic heterocycles. The van der Waals surface area contributed by atoms with Crippen LogP contribution in [0, 0.1) is 0 Å². The molecule has 0 radical (unpaired) electrons. The number of nitrogens with zero attached hydrogens (tertiary/aromatic N) is 3. The Balaban J connectivity index is 1.97. The number of aryl methyl sites for hydroxylation is 2. The minimum Gasteiger partial charge on any atom is -0.474 e. The summed E-state index contributed by atoms with van der Waals surface area (Å²) in [6.45, 7) is 0. The van der Waals surface area contributed by atoms with Gasteiger partial charge in [0, 0.05) is 18.8 Å². The van der Waals surface area contributed by atoms with Gasteiger partial charge in [-0.3, -0.25) is 4.98 Å². The number of aromatic carboxylic acids is 1. The molecular weight excluding hydrogens is 210 g/mol. The van der Waals surface area contributed by atoms with Crippen LogP contribution in [0.5, 0.6) is 0 Å². The molecule has 82 valence electrons. The molecule has 0 fully saturated rings. The molecule has 0 unspecified atom stereocenters. The van der Waals surface area contributed by atoms with Crippen molar-refractivity contribution in [3.05, 3.63) is 41.9 Å². The Bertz CT molecular complexity index is 481. The molecule has 0 spiro atoms. The summed E-state index contributed by atoms with van der Waals surface area (Å²) < 4.78 is 4.93. The number of rotatable bonds is 4. The van der Waals surface area contributed by atoms with Gasteiger partial charge in [-0.25, -0.2) is 4.79 Å². The quantitative estimate of drug-likeness (QED) is 0.823. The van der Waals surface area contributed by atoms with Crippen LogP contribution in [0.2, 0.25) is 0 Å². The molecule has 0 aliphatic carbocycles. The maximum Gasteiger partial charge on any atom is 0.393 e. The minimum atomic E-state index is -1.21. The maximum absolute atomic E-state index is 10.5. The van der Waals surface area contributed by atoms with Gasteiger partial charge in [0.1, 0.15) is 0 Å². The van der Waals surface area contributed by atoms with Crippen LogP contribution in [0.25, 0.3) is 0 Å². The maximum atomic E-state index is 10.5. The fourth-order valence-electron chi connectivity index (χ4n) is 1.24. The first-order chi connectivity index (χ1) is 7.75. The summed E-state index contributed by atoms with van der Waals surface area (Å²) in [6.07, 6.45) is 4.63. The lowest BCUT2D eigenvalue weighted by Gasteiger charge is -1.96. The van der Waals surface area contributed by atoms with Crippen molar-refractivity contribution in [3.8, 4) is 0 Å². The van der Waals surface area contributed by atoms with Crippen molar-refractivity contribution in [2.24, 2.45) is 0 Å². The molecular formula is C10H9N3O3. The number of hydrogen-bond acceptors (Lipinski definition) is 5. The fraction of sp³-hybridized carbons (Fsp3) is 0.200. The lowest BCUT2D eigenvalue weighted by Crippen LogP contribution is -1.95. The Hall–Kier alpha value is -2.24. The monoisotopic (exact) mass is 219 g/mol. The van der Waals surface area contributed by atoms with Gasteiger partial charge in [-0.15, -0.1) is 10.2 Å². The van der Waals surface area contributed by atoms with E-state index in [1.807, 2.05) is 12.1 Å². The summed E-state index contributed by atoms with van der Waals surface area (Å²) in [4.78, 5) is 14.4. The van der Waals surface area contributed by atoms with Crippen molar-refractivity contribution >= 4 is 5.97 Å².